The van der Waals surface area contributed by atoms with Crippen LogP contribution < -0.4 is 0 Å². The predicted molar refractivity (Wildman–Crippen MR) is 230 cm³/mol. The van der Waals surface area contributed by atoms with Crippen molar-refractivity contribution in [1.82, 2.24) is 14.7 Å². The molecule has 15 nitrogen and oxygen atoms in total. The Balaban J connectivity index is 2.11. The Bertz CT molecular complexity index is 1290. The molecule has 3 heterocycles. The van der Waals surface area contributed by atoms with Gasteiger partial charge in [-0.05, 0) is 114 Å². The molecule has 18 atom stereocenters. The smallest absolute Gasteiger partial charge is 0.311 e. The molecule has 15 heteroatoms. The quantitative estimate of drug-likeness (QED) is 0.147. The van der Waals surface area contributed by atoms with Gasteiger partial charge in [-0.15, -0.1) is 0 Å². The minimum atomic E-state index is -1.79. The average molecular weight is 862 g/mol. The van der Waals surface area contributed by atoms with Crippen molar-refractivity contribution in [2.45, 2.75) is 205 Å². The average Bonchev–Trinajstić information content (AvgIpc) is 3.17. The van der Waals surface area contributed by atoms with Crippen molar-refractivity contribution >= 4 is 5.97 Å². The Morgan fingerprint density at radius 1 is 0.917 bits per heavy atom. The molecule has 0 saturated carbocycles. The van der Waals surface area contributed by atoms with Gasteiger partial charge in [0, 0.05) is 51.2 Å². The number of aliphatic hydroxyl groups is 4. The molecule has 0 aromatic rings. The standard InChI is InChI=1S/C45H87N3O12/c1-17-34-45(12,53)38(50)31(8)47(15)26-27(4)24-43(10,52)39(60-42-36(49)33(46(13)14)23-28(5)56-42)29(6)37(30(7)41(51)58-34)59-35-25-44(11,54-16)40(32(9)57-35)55-22-20-21-48(18-2)19-3/h27-40,42,49-50,52-53H,17-26H2,1-16H3/t27-,28-,29+,30-,31-,32+,33+,34-,35+,36-,37+,38-,39-,40+,42+,43-,44-,45-/m1/s1. The molecule has 0 aliphatic carbocycles. The van der Waals surface area contributed by atoms with Crippen LogP contribution in [0.3, 0.4) is 0 Å². The highest BCUT2D eigenvalue weighted by Crippen LogP contribution is 2.41. The van der Waals surface area contributed by atoms with E-state index in [1.807, 2.05) is 72.5 Å². The van der Waals surface area contributed by atoms with Gasteiger partial charge in [-0.1, -0.05) is 34.6 Å². The van der Waals surface area contributed by atoms with Gasteiger partial charge in [-0.3, -0.25) is 4.79 Å². The molecule has 0 radical (unpaired) electrons. The van der Waals surface area contributed by atoms with Crippen LogP contribution in [0.4, 0.5) is 0 Å². The SMILES string of the molecule is CC[C@H]1OC(=O)[C@H](C)[C@@H](O[C@H]2C[C@@](C)(OC)[C@@H](OCCCN(CC)CC)[C@H](C)O2)[C@H](C)[C@@H](O[C@@H]2O[C@H](C)C[C@H](N(C)C)[C@H]2O)[C@](C)(O)C[C@@H](C)CN(C)[C@H](C)[C@@H](O)[C@]1(C)O. The van der Waals surface area contributed by atoms with Crippen molar-refractivity contribution in [3.05, 3.63) is 0 Å². The number of ether oxygens (including phenoxy) is 7. The Morgan fingerprint density at radius 2 is 1.55 bits per heavy atom. The van der Waals surface area contributed by atoms with Crippen LogP contribution in [-0.2, 0) is 38.0 Å². The van der Waals surface area contributed by atoms with Gasteiger partial charge in [-0.2, -0.15) is 0 Å². The molecule has 0 spiro atoms. The van der Waals surface area contributed by atoms with Crippen molar-refractivity contribution < 1.29 is 58.4 Å². The van der Waals surface area contributed by atoms with E-state index >= 15 is 0 Å². The summed E-state index contributed by atoms with van der Waals surface area (Å²) in [6, 6.07) is -0.798. The minimum absolute atomic E-state index is 0.135. The molecule has 0 unspecified atom stereocenters. The summed E-state index contributed by atoms with van der Waals surface area (Å²) in [6.07, 6.45) is -6.25. The summed E-state index contributed by atoms with van der Waals surface area (Å²) in [5.74, 6) is -2.50. The summed E-state index contributed by atoms with van der Waals surface area (Å²) in [4.78, 5) is 20.7. The van der Waals surface area contributed by atoms with Crippen LogP contribution in [0.15, 0.2) is 0 Å². The summed E-state index contributed by atoms with van der Waals surface area (Å²) in [5.41, 5.74) is -4.16. The van der Waals surface area contributed by atoms with Crippen LogP contribution in [0, 0.1) is 17.8 Å². The second kappa shape index (κ2) is 22.7. The van der Waals surface area contributed by atoms with Gasteiger partial charge in [0.15, 0.2) is 12.6 Å². The maximum atomic E-state index is 14.5. The highest BCUT2D eigenvalue weighted by Gasteiger charge is 2.53. The Labute approximate surface area is 362 Å². The summed E-state index contributed by atoms with van der Waals surface area (Å²) >= 11 is 0. The number of rotatable bonds is 14. The number of carbonyl (C=O) groups is 1. The highest BCUT2D eigenvalue weighted by molar-refractivity contribution is 5.73. The number of hydrogen-bond acceptors (Lipinski definition) is 15. The van der Waals surface area contributed by atoms with Crippen molar-refractivity contribution in [2.24, 2.45) is 17.8 Å². The van der Waals surface area contributed by atoms with E-state index < -0.39 is 96.0 Å². The van der Waals surface area contributed by atoms with Crippen molar-refractivity contribution in [2.75, 3.05) is 61.0 Å². The topological polar surface area (TPSA) is 172 Å². The zero-order valence-electron chi connectivity index (χ0n) is 40.1. The van der Waals surface area contributed by atoms with E-state index in [1.54, 1.807) is 27.9 Å². The minimum Gasteiger partial charge on any atom is -0.459 e. The highest BCUT2D eigenvalue weighted by atomic mass is 16.7. The third-order valence-electron chi connectivity index (χ3n) is 14.0. The van der Waals surface area contributed by atoms with Crippen LogP contribution in [0.1, 0.15) is 115 Å². The van der Waals surface area contributed by atoms with Gasteiger partial charge in [0.1, 0.15) is 30.0 Å². The van der Waals surface area contributed by atoms with Crippen LogP contribution in [-0.4, -0.2) is 192 Å². The lowest BCUT2D eigenvalue weighted by Gasteiger charge is -2.49. The van der Waals surface area contributed by atoms with Crippen molar-refractivity contribution in [3.8, 4) is 0 Å². The zero-order valence-corrected chi connectivity index (χ0v) is 40.1. The molecule has 354 valence electrons. The van der Waals surface area contributed by atoms with Crippen LogP contribution in [0.25, 0.3) is 0 Å². The maximum absolute atomic E-state index is 14.5. The lowest BCUT2D eigenvalue weighted by Crippen LogP contribution is -2.61. The lowest BCUT2D eigenvalue weighted by molar-refractivity contribution is -0.320. The molecule has 3 aliphatic heterocycles. The van der Waals surface area contributed by atoms with Crippen LogP contribution in [0.2, 0.25) is 0 Å². The number of likely N-dealkylation sites (N-methyl/N-ethyl adjacent to an activating group) is 2. The first kappa shape index (κ1) is 53.3. The van der Waals surface area contributed by atoms with E-state index in [1.165, 1.54) is 6.92 Å². The van der Waals surface area contributed by atoms with Gasteiger partial charge in [0.2, 0.25) is 0 Å². The molecule has 60 heavy (non-hydrogen) atoms. The fraction of sp³-hybridized carbons (Fsp3) is 0.978. The number of hydrogen-bond donors (Lipinski definition) is 4. The first-order chi connectivity index (χ1) is 27.9. The monoisotopic (exact) mass is 862 g/mol. The molecule has 0 aromatic heterocycles. The number of esters is 1. The normalized spacial score (nSPS) is 44.7. The Morgan fingerprint density at radius 3 is 2.12 bits per heavy atom. The molecule has 3 saturated heterocycles. The third-order valence-corrected chi connectivity index (χ3v) is 14.0. The second-order valence-corrected chi connectivity index (χ2v) is 19.4. The number of cyclic esters (lactones) is 1. The van der Waals surface area contributed by atoms with E-state index in [-0.39, 0.29) is 37.3 Å². The molecule has 0 bridgehead atoms. The van der Waals surface area contributed by atoms with Gasteiger partial charge >= 0.3 is 5.97 Å². The van der Waals surface area contributed by atoms with Gasteiger partial charge < -0.3 is 68.3 Å². The molecule has 3 fully saturated rings. The predicted octanol–water partition coefficient (Wildman–Crippen LogP) is 3.66. The van der Waals surface area contributed by atoms with E-state index in [0.29, 0.717) is 19.6 Å². The van der Waals surface area contributed by atoms with Gasteiger partial charge in [-0.25, -0.2) is 0 Å². The van der Waals surface area contributed by atoms with Crippen LogP contribution in [0.5, 0.6) is 0 Å². The first-order valence-electron chi connectivity index (χ1n) is 22.8. The summed E-state index contributed by atoms with van der Waals surface area (Å²) in [7, 11) is 7.32. The van der Waals surface area contributed by atoms with Crippen molar-refractivity contribution in [3.63, 3.8) is 0 Å². The number of nitrogens with zero attached hydrogens (tertiary/aromatic N) is 3. The largest absolute Gasteiger partial charge is 0.459 e. The maximum Gasteiger partial charge on any atom is 0.311 e. The van der Waals surface area contributed by atoms with Crippen LogP contribution >= 0.6 is 0 Å². The Hall–Kier alpha value is -1.05. The molecule has 0 aromatic carbocycles. The van der Waals surface area contributed by atoms with Gasteiger partial charge in [0.05, 0.1) is 41.5 Å². The van der Waals surface area contributed by atoms with Gasteiger partial charge in [0.25, 0.3) is 0 Å². The molecular weight excluding hydrogens is 775 g/mol. The molecule has 0 amide bonds. The van der Waals surface area contributed by atoms with E-state index in [2.05, 4.69) is 18.7 Å². The fourth-order valence-corrected chi connectivity index (χ4v) is 10.1. The molecule has 3 aliphatic rings. The zero-order chi connectivity index (χ0) is 45.5. The summed E-state index contributed by atoms with van der Waals surface area (Å²) in [6.45, 7) is 26.4. The summed E-state index contributed by atoms with van der Waals surface area (Å²) < 4.78 is 45.4. The molecular formula is C45H87N3O12. The van der Waals surface area contributed by atoms with E-state index in [9.17, 15) is 25.2 Å². The molecule has 3 rings (SSSR count). The molecule has 4 N–H and O–H groups in total. The number of carbonyl (C=O) groups excluding carboxylic acids is 1. The number of aliphatic hydroxyl groups excluding tert-OH is 2. The summed E-state index contributed by atoms with van der Waals surface area (Å²) in [5, 5.41) is 47.8. The Kier molecular flexibility index (Phi) is 20.2. The van der Waals surface area contributed by atoms with E-state index in [0.717, 1.165) is 26.1 Å². The van der Waals surface area contributed by atoms with Crippen molar-refractivity contribution in [1.29, 1.82) is 0 Å². The second-order valence-electron chi connectivity index (χ2n) is 19.4. The third kappa shape index (κ3) is 13.0. The number of methoxy groups -OCH3 is 1. The first-order valence-corrected chi connectivity index (χ1v) is 22.8. The lowest BCUT2D eigenvalue weighted by atomic mass is 9.77. The van der Waals surface area contributed by atoms with E-state index in [4.69, 9.17) is 33.2 Å². The fourth-order valence-electron chi connectivity index (χ4n) is 10.1.